The number of ether oxygens (including phenoxy) is 1. The average molecular weight is 604 g/mol. The maximum atomic E-state index is 13.9. The van der Waals surface area contributed by atoms with Crippen molar-refractivity contribution in [2.75, 3.05) is 12.5 Å². The number of nitrogens with one attached hydrogen (secondary N) is 2. The van der Waals surface area contributed by atoms with Gasteiger partial charge in [0.1, 0.15) is 11.8 Å². The van der Waals surface area contributed by atoms with Crippen LogP contribution in [0.25, 0.3) is 0 Å². The number of hydrogen-bond donors (Lipinski definition) is 3. The lowest BCUT2D eigenvalue weighted by atomic mass is 9.97. The summed E-state index contributed by atoms with van der Waals surface area (Å²) in [6.07, 6.45) is -1.36. The Morgan fingerprint density at radius 1 is 0.953 bits per heavy atom. The molecule has 0 aliphatic carbocycles. The molecule has 0 bridgehead atoms. The third-order valence-electron chi connectivity index (χ3n) is 7.83. The fourth-order valence-electron chi connectivity index (χ4n) is 5.36. The van der Waals surface area contributed by atoms with E-state index in [1.54, 1.807) is 0 Å². The smallest absolute Gasteiger partial charge is 0.258 e. The Morgan fingerprint density at radius 3 is 2.26 bits per heavy atom. The minimum Gasteiger partial charge on any atom is -0.483 e. The van der Waals surface area contributed by atoms with Crippen LogP contribution in [-0.4, -0.2) is 63.1 Å². The Bertz CT molecular complexity index is 1420. The summed E-state index contributed by atoms with van der Waals surface area (Å²) < 4.78 is 5.24. The highest BCUT2D eigenvalue weighted by atomic mass is 32.2. The Balaban J connectivity index is 1.49. The van der Waals surface area contributed by atoms with Gasteiger partial charge in [-0.15, -0.1) is 11.8 Å². The van der Waals surface area contributed by atoms with Gasteiger partial charge in [-0.05, 0) is 68.9 Å². The molecule has 3 atom stereocenters. The van der Waals surface area contributed by atoms with Crippen molar-refractivity contribution in [3.05, 3.63) is 101 Å². The molecule has 3 aromatic carbocycles. The zero-order valence-corrected chi connectivity index (χ0v) is 26.2. The first-order valence-electron chi connectivity index (χ1n) is 14.4. The van der Waals surface area contributed by atoms with Gasteiger partial charge < -0.3 is 25.4 Å². The number of benzene rings is 3. The minimum atomic E-state index is -1.58. The highest BCUT2D eigenvalue weighted by Gasteiger charge is 2.49. The second kappa shape index (κ2) is 14.1. The van der Waals surface area contributed by atoms with Gasteiger partial charge in [0.25, 0.3) is 11.8 Å². The van der Waals surface area contributed by atoms with Crippen molar-refractivity contribution in [3.8, 4) is 5.75 Å². The largest absolute Gasteiger partial charge is 0.483 e. The molecule has 1 aliphatic rings. The van der Waals surface area contributed by atoms with Gasteiger partial charge in [0, 0.05) is 11.3 Å². The number of aliphatic hydroxyl groups is 1. The number of para-hydroxylation sites is 1. The molecule has 1 heterocycles. The van der Waals surface area contributed by atoms with Gasteiger partial charge in [-0.2, -0.15) is 0 Å². The standard InChI is InChI=1S/C34H41N3O5S/c1-22-12-9-10-17-26(22)19-35-32(40)31-34(4,5)43-21-37(31)33(41)29(39)27(18-25-15-7-6-8-16-25)36-28(38)20-42-30-23(2)13-11-14-24(30)3/h6-17,27,29,31,39H,18-21H2,1-5H3,(H,35,40)(H,36,38)/t27?,29-,31?/m1/s1. The number of nitrogens with zero attached hydrogens (tertiary/aromatic N) is 1. The van der Waals surface area contributed by atoms with Crippen LogP contribution in [0.4, 0.5) is 0 Å². The van der Waals surface area contributed by atoms with E-state index < -0.39 is 34.7 Å². The van der Waals surface area contributed by atoms with Crippen LogP contribution in [0, 0.1) is 20.8 Å². The van der Waals surface area contributed by atoms with Crippen LogP contribution >= 0.6 is 11.8 Å². The number of amides is 3. The summed E-state index contributed by atoms with van der Waals surface area (Å²) in [5, 5.41) is 17.3. The molecular formula is C34H41N3O5S. The van der Waals surface area contributed by atoms with Crippen LogP contribution in [0.15, 0.2) is 72.8 Å². The van der Waals surface area contributed by atoms with Crippen LogP contribution in [0.5, 0.6) is 5.75 Å². The second-order valence-corrected chi connectivity index (χ2v) is 13.1. The third kappa shape index (κ3) is 7.97. The molecule has 0 radical (unpaired) electrons. The number of thioether (sulfide) groups is 1. The summed E-state index contributed by atoms with van der Waals surface area (Å²) in [6, 6.07) is 21.2. The molecule has 8 nitrogen and oxygen atoms in total. The Hall–Kier alpha value is -3.82. The predicted octanol–water partition coefficient (Wildman–Crippen LogP) is 4.08. The van der Waals surface area contributed by atoms with Crippen LogP contribution in [-0.2, 0) is 27.3 Å². The number of aliphatic hydroxyl groups excluding tert-OH is 1. The van der Waals surface area contributed by atoms with E-state index in [0.29, 0.717) is 12.3 Å². The van der Waals surface area contributed by atoms with Crippen LogP contribution in [0.3, 0.4) is 0 Å². The summed E-state index contributed by atoms with van der Waals surface area (Å²) in [4.78, 5) is 41.9. The molecule has 0 saturated carbocycles. The molecule has 1 fully saturated rings. The van der Waals surface area contributed by atoms with Gasteiger partial charge >= 0.3 is 0 Å². The van der Waals surface area contributed by atoms with Gasteiger partial charge in [0.05, 0.1) is 11.9 Å². The van der Waals surface area contributed by atoms with Crippen molar-refractivity contribution in [1.82, 2.24) is 15.5 Å². The summed E-state index contributed by atoms with van der Waals surface area (Å²) in [6.45, 7) is 9.70. The highest BCUT2D eigenvalue weighted by Crippen LogP contribution is 2.40. The zero-order chi connectivity index (χ0) is 31.1. The van der Waals surface area contributed by atoms with Gasteiger partial charge in [0.2, 0.25) is 5.91 Å². The Labute approximate surface area is 258 Å². The first kappa shape index (κ1) is 32.1. The third-order valence-corrected chi connectivity index (χ3v) is 9.20. The van der Waals surface area contributed by atoms with Crippen LogP contribution < -0.4 is 15.4 Å². The normalized spacial score (nSPS) is 17.2. The maximum Gasteiger partial charge on any atom is 0.258 e. The Morgan fingerprint density at radius 2 is 1.58 bits per heavy atom. The van der Waals surface area contributed by atoms with E-state index in [9.17, 15) is 19.5 Å². The summed E-state index contributed by atoms with van der Waals surface area (Å²) in [7, 11) is 0. The lowest BCUT2D eigenvalue weighted by Crippen LogP contribution is -2.59. The van der Waals surface area contributed by atoms with E-state index in [-0.39, 0.29) is 24.8 Å². The number of carbonyl (C=O) groups is 3. The van der Waals surface area contributed by atoms with Gasteiger partial charge in [-0.1, -0.05) is 72.8 Å². The van der Waals surface area contributed by atoms with Crippen LogP contribution in [0.1, 0.15) is 41.7 Å². The maximum absolute atomic E-state index is 13.9. The first-order valence-corrected chi connectivity index (χ1v) is 15.4. The van der Waals surface area contributed by atoms with E-state index >= 15 is 0 Å². The molecule has 228 valence electrons. The SMILES string of the molecule is Cc1ccccc1CNC(=O)C1N(C(=O)[C@H](O)C(Cc2ccccc2)NC(=O)COc2c(C)cccc2C)CSC1(C)C. The quantitative estimate of drug-likeness (QED) is 0.305. The topological polar surface area (TPSA) is 108 Å². The van der Waals surface area contributed by atoms with E-state index in [1.165, 1.54) is 16.7 Å². The fourth-order valence-corrected chi connectivity index (χ4v) is 6.51. The molecule has 1 saturated heterocycles. The van der Waals surface area contributed by atoms with Crippen molar-refractivity contribution in [1.29, 1.82) is 0 Å². The minimum absolute atomic E-state index is 0.220. The molecular weight excluding hydrogens is 562 g/mol. The monoisotopic (exact) mass is 603 g/mol. The lowest BCUT2D eigenvalue weighted by molar-refractivity contribution is -0.148. The zero-order valence-electron chi connectivity index (χ0n) is 25.4. The molecule has 0 aromatic heterocycles. The van der Waals surface area contributed by atoms with E-state index in [4.69, 9.17) is 4.74 Å². The van der Waals surface area contributed by atoms with Gasteiger partial charge in [-0.3, -0.25) is 14.4 Å². The fraction of sp³-hybridized carbons (Fsp3) is 0.382. The van der Waals surface area contributed by atoms with Crippen LogP contribution in [0.2, 0.25) is 0 Å². The van der Waals surface area contributed by atoms with Crippen molar-refractivity contribution in [2.24, 2.45) is 0 Å². The molecule has 0 spiro atoms. The summed E-state index contributed by atoms with van der Waals surface area (Å²) in [5.41, 5.74) is 4.71. The predicted molar refractivity (Wildman–Crippen MR) is 170 cm³/mol. The number of rotatable bonds is 11. The van der Waals surface area contributed by atoms with Crippen molar-refractivity contribution in [3.63, 3.8) is 0 Å². The molecule has 2 unspecified atom stereocenters. The van der Waals surface area contributed by atoms with Gasteiger partial charge in [-0.25, -0.2) is 0 Å². The Kier molecular flexibility index (Phi) is 10.5. The second-order valence-electron chi connectivity index (χ2n) is 11.5. The molecule has 43 heavy (non-hydrogen) atoms. The number of hydrogen-bond acceptors (Lipinski definition) is 6. The number of carbonyl (C=O) groups excluding carboxylic acids is 3. The van der Waals surface area contributed by atoms with Crippen molar-refractivity contribution in [2.45, 2.75) is 70.5 Å². The summed E-state index contributed by atoms with van der Waals surface area (Å²) >= 11 is 1.48. The summed E-state index contributed by atoms with van der Waals surface area (Å²) in [5.74, 6) is -0.480. The van der Waals surface area contributed by atoms with E-state index in [2.05, 4.69) is 10.6 Å². The average Bonchev–Trinajstić information content (AvgIpc) is 3.30. The van der Waals surface area contributed by atoms with Crippen molar-refractivity contribution >= 4 is 29.5 Å². The first-order chi connectivity index (χ1) is 20.5. The molecule has 3 amide bonds. The molecule has 9 heteroatoms. The molecule has 4 rings (SSSR count). The van der Waals surface area contributed by atoms with E-state index in [0.717, 1.165) is 27.8 Å². The highest BCUT2D eigenvalue weighted by molar-refractivity contribution is 8.00. The lowest BCUT2D eigenvalue weighted by Gasteiger charge is -2.33. The molecule has 1 aliphatic heterocycles. The molecule has 3 aromatic rings. The number of aryl methyl sites for hydroxylation is 3. The van der Waals surface area contributed by atoms with E-state index in [1.807, 2.05) is 107 Å². The van der Waals surface area contributed by atoms with Crippen molar-refractivity contribution < 1.29 is 24.2 Å². The molecule has 3 N–H and O–H groups in total. The van der Waals surface area contributed by atoms with Gasteiger partial charge in [0.15, 0.2) is 12.7 Å².